The van der Waals surface area contributed by atoms with E-state index in [1.54, 1.807) is 17.0 Å². The van der Waals surface area contributed by atoms with Gasteiger partial charge in [-0.05, 0) is 106 Å². The Balaban J connectivity index is 1.06. The first-order chi connectivity index (χ1) is 22.9. The normalized spacial score (nSPS) is 22.8. The number of aromatic nitrogens is 2. The number of hydrogen-bond donors (Lipinski definition) is 1. The molecule has 3 fully saturated rings. The van der Waals surface area contributed by atoms with Gasteiger partial charge in [0.25, 0.3) is 0 Å². The van der Waals surface area contributed by atoms with Crippen LogP contribution in [0.25, 0.3) is 11.0 Å². The van der Waals surface area contributed by atoms with E-state index >= 15 is 0 Å². The molecule has 3 aromatic carbocycles. The molecule has 2 bridgehead atoms. The second kappa shape index (κ2) is 13.0. The predicted molar refractivity (Wildman–Crippen MR) is 186 cm³/mol. The number of nitrogens with zero attached hydrogens (tertiary/aromatic N) is 4. The van der Waals surface area contributed by atoms with Crippen LogP contribution < -0.4 is 5.14 Å². The molecule has 8 nitrogen and oxygen atoms in total. The lowest BCUT2D eigenvalue weighted by Crippen LogP contribution is -2.49. The summed E-state index contributed by atoms with van der Waals surface area (Å²) in [5.41, 5.74) is 3.20. The van der Waals surface area contributed by atoms with E-state index in [4.69, 9.17) is 33.3 Å². The first-order valence-corrected chi connectivity index (χ1v) is 19.0. The number of primary sulfonamides is 1. The molecule has 0 aliphatic carbocycles. The van der Waals surface area contributed by atoms with E-state index in [-0.39, 0.29) is 44.1 Å². The van der Waals surface area contributed by atoms with Crippen LogP contribution in [0.4, 0.5) is 4.39 Å². The third kappa shape index (κ3) is 6.26. The minimum Gasteiger partial charge on any atom is -0.342 e. The second-order valence-electron chi connectivity index (χ2n) is 13.7. The Morgan fingerprint density at radius 1 is 1.00 bits per heavy atom. The highest BCUT2D eigenvalue weighted by atomic mass is 35.5. The van der Waals surface area contributed by atoms with E-state index in [1.807, 2.05) is 12.1 Å². The van der Waals surface area contributed by atoms with E-state index in [0.717, 1.165) is 42.7 Å². The standard InChI is InChI=1S/C36H40Cl2FN5O3S/c1-23-41-31-7-2-3-8-32(31)44(23)28-20-26-9-10-27(21-28)43(26)18-15-36(24-5-4-6-25(39)19-24)13-16-42(17-14-36)34(45)22-29-30(37)11-12-33(35(29)38)48(40,46)47/h2-8,11-12,19,26-28H,9-10,13-18,20-22H2,1H3,(H2,40,46,47). The lowest BCUT2D eigenvalue weighted by molar-refractivity contribution is -0.132. The number of fused-ring (bicyclic) bond motifs is 3. The number of imidazole rings is 1. The van der Waals surface area contributed by atoms with Gasteiger partial charge in [-0.2, -0.15) is 0 Å². The van der Waals surface area contributed by atoms with Gasteiger partial charge in [0.05, 0.1) is 22.5 Å². The zero-order valence-corrected chi connectivity index (χ0v) is 29.2. The summed E-state index contributed by atoms with van der Waals surface area (Å²) in [6.45, 7) is 4.00. The summed E-state index contributed by atoms with van der Waals surface area (Å²) >= 11 is 12.7. The third-order valence-corrected chi connectivity index (χ3v) is 13.0. The fraction of sp³-hybridized carbons (Fsp3) is 0.444. The van der Waals surface area contributed by atoms with Crippen molar-refractivity contribution in [1.82, 2.24) is 19.4 Å². The van der Waals surface area contributed by atoms with Crippen LogP contribution in [0.15, 0.2) is 65.6 Å². The highest BCUT2D eigenvalue weighted by molar-refractivity contribution is 7.89. The molecule has 0 spiro atoms. The molecule has 1 amide bonds. The zero-order chi connectivity index (χ0) is 33.8. The monoisotopic (exact) mass is 711 g/mol. The zero-order valence-electron chi connectivity index (χ0n) is 26.9. The van der Waals surface area contributed by atoms with Crippen LogP contribution in [0.1, 0.15) is 67.9 Å². The molecule has 0 saturated carbocycles. The Morgan fingerprint density at radius 2 is 1.71 bits per heavy atom. The van der Waals surface area contributed by atoms with Gasteiger partial charge in [-0.3, -0.25) is 9.69 Å². The Hall–Kier alpha value is -3.02. The Kier molecular flexibility index (Phi) is 9.08. The van der Waals surface area contributed by atoms with Gasteiger partial charge in [-0.1, -0.05) is 47.5 Å². The summed E-state index contributed by atoms with van der Waals surface area (Å²) in [7, 11) is -4.08. The van der Waals surface area contributed by atoms with Crippen molar-refractivity contribution in [2.24, 2.45) is 5.14 Å². The average Bonchev–Trinajstić information content (AvgIpc) is 3.51. The smallest absolute Gasteiger partial charge is 0.239 e. The van der Waals surface area contributed by atoms with Gasteiger partial charge in [0, 0.05) is 41.8 Å². The summed E-state index contributed by atoms with van der Waals surface area (Å²) in [5.74, 6) is 0.621. The molecule has 7 rings (SSSR count). The van der Waals surface area contributed by atoms with Gasteiger partial charge in [-0.25, -0.2) is 22.9 Å². The van der Waals surface area contributed by atoms with E-state index in [2.05, 4.69) is 34.6 Å². The van der Waals surface area contributed by atoms with Crippen molar-refractivity contribution in [3.8, 4) is 0 Å². The van der Waals surface area contributed by atoms with Crippen molar-refractivity contribution in [3.05, 3.63) is 93.5 Å². The molecular formula is C36H40Cl2FN5O3S. The molecule has 4 heterocycles. The Labute approximate surface area is 291 Å². The molecule has 48 heavy (non-hydrogen) atoms. The maximum absolute atomic E-state index is 14.6. The number of carbonyl (C=O) groups excluding carboxylic acids is 1. The number of nitrogens with two attached hydrogens (primary N) is 1. The maximum atomic E-state index is 14.6. The van der Waals surface area contributed by atoms with E-state index in [0.29, 0.717) is 44.1 Å². The number of piperidine rings is 2. The third-order valence-electron chi connectivity index (χ3n) is 11.1. The lowest BCUT2D eigenvalue weighted by Gasteiger charge is -2.45. The Bertz CT molecular complexity index is 1960. The van der Waals surface area contributed by atoms with Crippen LogP contribution in [-0.4, -0.2) is 65.4 Å². The van der Waals surface area contributed by atoms with Crippen LogP contribution in [0, 0.1) is 12.7 Å². The predicted octanol–water partition coefficient (Wildman–Crippen LogP) is 6.80. The topological polar surface area (TPSA) is 102 Å². The first kappa shape index (κ1) is 33.5. The fourth-order valence-corrected chi connectivity index (χ4v) is 10.2. The molecule has 2 N–H and O–H groups in total. The number of hydrogen-bond acceptors (Lipinski definition) is 5. The van der Waals surface area contributed by atoms with Crippen LogP contribution in [-0.2, 0) is 26.7 Å². The minimum atomic E-state index is -4.08. The number of benzene rings is 3. The second-order valence-corrected chi connectivity index (χ2v) is 16.1. The molecule has 0 radical (unpaired) electrons. The SMILES string of the molecule is Cc1nc2ccccc2n1C1CC2CCC(C1)N2CCC1(c2cccc(F)c2)CCN(C(=O)Cc2c(Cl)ccc(S(N)(=O)=O)c2Cl)CC1. The summed E-state index contributed by atoms with van der Waals surface area (Å²) in [6, 6.07) is 19.4. The molecule has 2 atom stereocenters. The molecule has 4 aromatic rings. The number of likely N-dealkylation sites (tertiary alicyclic amines) is 1. The van der Waals surface area contributed by atoms with Crippen molar-refractivity contribution < 1.29 is 17.6 Å². The average molecular weight is 713 g/mol. The Morgan fingerprint density at radius 3 is 2.40 bits per heavy atom. The summed E-state index contributed by atoms with van der Waals surface area (Å²) in [5, 5.41) is 5.40. The van der Waals surface area contributed by atoms with Crippen LogP contribution in [0.5, 0.6) is 0 Å². The van der Waals surface area contributed by atoms with Gasteiger partial charge < -0.3 is 9.47 Å². The van der Waals surface area contributed by atoms with E-state index in [1.165, 1.54) is 36.6 Å². The minimum absolute atomic E-state index is 0.126. The molecule has 3 aliphatic heterocycles. The highest BCUT2D eigenvalue weighted by Crippen LogP contribution is 2.45. The number of sulfonamides is 1. The molecule has 3 aliphatic rings. The summed E-state index contributed by atoms with van der Waals surface area (Å²) in [4.78, 5) is 22.6. The molecule has 3 saturated heterocycles. The van der Waals surface area contributed by atoms with Crippen LogP contribution in [0.3, 0.4) is 0 Å². The number of carbonyl (C=O) groups is 1. The largest absolute Gasteiger partial charge is 0.342 e. The maximum Gasteiger partial charge on any atom is 0.239 e. The molecular weight excluding hydrogens is 672 g/mol. The number of rotatable bonds is 8. The van der Waals surface area contributed by atoms with Crippen LogP contribution >= 0.6 is 23.2 Å². The quantitative estimate of drug-likeness (QED) is 0.217. The van der Waals surface area contributed by atoms with Crippen molar-refractivity contribution in [2.45, 2.75) is 86.7 Å². The van der Waals surface area contributed by atoms with Crippen molar-refractivity contribution in [2.75, 3.05) is 19.6 Å². The fourth-order valence-electron chi connectivity index (χ4n) is 8.70. The lowest BCUT2D eigenvalue weighted by atomic mass is 9.70. The first-order valence-electron chi connectivity index (χ1n) is 16.7. The van der Waals surface area contributed by atoms with Gasteiger partial charge >= 0.3 is 0 Å². The molecule has 1 aromatic heterocycles. The molecule has 12 heteroatoms. The highest BCUT2D eigenvalue weighted by Gasteiger charge is 2.44. The number of aryl methyl sites for hydroxylation is 1. The summed E-state index contributed by atoms with van der Waals surface area (Å²) in [6.07, 6.45) is 6.64. The van der Waals surface area contributed by atoms with Gasteiger partial charge in [0.2, 0.25) is 15.9 Å². The molecule has 2 unspecified atom stereocenters. The number of halogens is 3. The van der Waals surface area contributed by atoms with Crippen molar-refractivity contribution in [1.29, 1.82) is 0 Å². The van der Waals surface area contributed by atoms with Gasteiger partial charge in [0.1, 0.15) is 16.5 Å². The van der Waals surface area contributed by atoms with Crippen molar-refractivity contribution in [3.63, 3.8) is 0 Å². The molecule has 254 valence electrons. The van der Waals surface area contributed by atoms with Crippen LogP contribution in [0.2, 0.25) is 10.0 Å². The van der Waals surface area contributed by atoms with Gasteiger partial charge in [0.15, 0.2) is 0 Å². The van der Waals surface area contributed by atoms with E-state index < -0.39 is 10.0 Å². The van der Waals surface area contributed by atoms with E-state index in [9.17, 15) is 17.6 Å². The number of amides is 1. The van der Waals surface area contributed by atoms with Crippen molar-refractivity contribution >= 4 is 50.2 Å². The number of para-hydroxylation sites is 2. The van der Waals surface area contributed by atoms with Gasteiger partial charge in [-0.15, -0.1) is 0 Å². The summed E-state index contributed by atoms with van der Waals surface area (Å²) < 4.78 is 41.1.